The van der Waals surface area contributed by atoms with Gasteiger partial charge in [0.15, 0.2) is 6.10 Å². The molecule has 1 aromatic heterocycles. The van der Waals surface area contributed by atoms with Gasteiger partial charge in [0.05, 0.1) is 19.3 Å². The first-order chi connectivity index (χ1) is 10.9. The van der Waals surface area contributed by atoms with Crippen molar-refractivity contribution in [3.63, 3.8) is 0 Å². The third-order valence-electron chi connectivity index (χ3n) is 4.47. The molecule has 126 valence electrons. The second-order valence-corrected chi connectivity index (χ2v) is 6.27. The summed E-state index contributed by atoms with van der Waals surface area (Å²) in [5, 5.41) is 13.1. The van der Waals surface area contributed by atoms with Crippen LogP contribution in [0.1, 0.15) is 25.3 Å². The molecule has 0 saturated carbocycles. The number of aryl methyl sites for hydroxylation is 1. The number of hydrogen-bond acceptors (Lipinski definition) is 5. The normalized spacial score (nSPS) is 31.3. The van der Waals surface area contributed by atoms with E-state index in [0.29, 0.717) is 32.5 Å². The van der Waals surface area contributed by atoms with Crippen LogP contribution in [0.3, 0.4) is 0 Å². The van der Waals surface area contributed by atoms with E-state index in [4.69, 9.17) is 14.6 Å². The molecular weight excluding hydrogens is 302 g/mol. The lowest BCUT2D eigenvalue weighted by molar-refractivity contribution is -0.164. The fourth-order valence-corrected chi connectivity index (χ4v) is 3.13. The first-order valence-corrected chi connectivity index (χ1v) is 7.69. The molecule has 0 spiro atoms. The van der Waals surface area contributed by atoms with Gasteiger partial charge in [-0.15, -0.1) is 0 Å². The Hall–Kier alpha value is -1.93. The lowest BCUT2D eigenvalue weighted by atomic mass is 9.96. The van der Waals surface area contributed by atoms with Crippen molar-refractivity contribution in [1.82, 2.24) is 14.7 Å². The van der Waals surface area contributed by atoms with E-state index in [2.05, 4.69) is 5.10 Å². The van der Waals surface area contributed by atoms with Gasteiger partial charge in [-0.05, 0) is 19.8 Å². The lowest BCUT2D eigenvalue weighted by Crippen LogP contribution is -2.53. The number of carbonyl (C=O) groups excluding carboxylic acids is 1. The van der Waals surface area contributed by atoms with E-state index in [0.717, 1.165) is 5.56 Å². The SMILES string of the molecule is Cn1cc(C2(C)CN(C(=O)[C@@H]3CC[C@H](C(=O)O)O3)CCO2)cn1. The minimum atomic E-state index is -1.01. The van der Waals surface area contributed by atoms with Gasteiger partial charge in [-0.3, -0.25) is 9.48 Å². The van der Waals surface area contributed by atoms with Gasteiger partial charge in [0, 0.05) is 25.4 Å². The van der Waals surface area contributed by atoms with Crippen molar-refractivity contribution in [2.24, 2.45) is 7.05 Å². The average Bonchev–Trinajstić information content (AvgIpc) is 3.15. The predicted octanol–water partition coefficient (Wildman–Crippen LogP) is 0.126. The maximum Gasteiger partial charge on any atom is 0.332 e. The Morgan fingerprint density at radius 1 is 1.39 bits per heavy atom. The highest BCUT2D eigenvalue weighted by Crippen LogP contribution is 2.30. The second kappa shape index (κ2) is 5.93. The molecule has 1 amide bonds. The Bertz CT molecular complexity index is 616. The molecule has 3 rings (SSSR count). The van der Waals surface area contributed by atoms with Crippen molar-refractivity contribution in [3.8, 4) is 0 Å². The standard InChI is InChI=1S/C15H21N3O5/c1-15(10-7-16-17(2)8-10)9-18(5-6-22-15)13(19)11-3-4-12(23-11)14(20)21/h7-8,11-12H,3-6,9H2,1-2H3,(H,20,21)/t11-,12+,15?/m0/s1. The third kappa shape index (κ3) is 3.09. The van der Waals surface area contributed by atoms with Crippen LogP contribution in [0.4, 0.5) is 0 Å². The van der Waals surface area contributed by atoms with Crippen LogP contribution in [0.25, 0.3) is 0 Å². The Balaban J connectivity index is 1.69. The van der Waals surface area contributed by atoms with Crippen LogP contribution in [0.15, 0.2) is 12.4 Å². The molecule has 2 aliphatic rings. The number of aliphatic carboxylic acids is 1. The average molecular weight is 323 g/mol. The van der Waals surface area contributed by atoms with E-state index in [9.17, 15) is 9.59 Å². The number of morpholine rings is 1. The molecule has 8 nitrogen and oxygen atoms in total. The topological polar surface area (TPSA) is 93.9 Å². The quantitative estimate of drug-likeness (QED) is 0.849. The van der Waals surface area contributed by atoms with Crippen molar-refractivity contribution in [2.75, 3.05) is 19.7 Å². The highest BCUT2D eigenvalue weighted by atomic mass is 16.5. The first kappa shape index (κ1) is 15.9. The molecule has 0 aliphatic carbocycles. The number of aromatic nitrogens is 2. The molecule has 3 heterocycles. The molecule has 1 unspecified atom stereocenters. The van der Waals surface area contributed by atoms with Crippen molar-refractivity contribution in [1.29, 1.82) is 0 Å². The maximum atomic E-state index is 12.6. The van der Waals surface area contributed by atoms with Gasteiger partial charge < -0.3 is 19.5 Å². The number of nitrogens with zero attached hydrogens (tertiary/aromatic N) is 3. The molecule has 8 heteroatoms. The lowest BCUT2D eigenvalue weighted by Gasteiger charge is -2.40. The van der Waals surface area contributed by atoms with Crippen LogP contribution < -0.4 is 0 Å². The van der Waals surface area contributed by atoms with Crippen LogP contribution in [-0.2, 0) is 31.7 Å². The number of carbonyl (C=O) groups is 2. The first-order valence-electron chi connectivity index (χ1n) is 7.69. The summed E-state index contributed by atoms with van der Waals surface area (Å²) in [6.45, 7) is 3.23. The van der Waals surface area contributed by atoms with Gasteiger partial charge in [-0.2, -0.15) is 5.10 Å². The Morgan fingerprint density at radius 3 is 2.74 bits per heavy atom. The molecule has 0 aromatic carbocycles. The summed E-state index contributed by atoms with van der Waals surface area (Å²) in [6, 6.07) is 0. The number of ether oxygens (including phenoxy) is 2. The minimum absolute atomic E-state index is 0.160. The molecule has 0 radical (unpaired) electrons. The zero-order valence-corrected chi connectivity index (χ0v) is 13.3. The third-order valence-corrected chi connectivity index (χ3v) is 4.47. The zero-order chi connectivity index (χ0) is 16.6. The van der Waals surface area contributed by atoms with Crippen molar-refractivity contribution < 1.29 is 24.2 Å². The maximum absolute atomic E-state index is 12.6. The van der Waals surface area contributed by atoms with E-state index >= 15 is 0 Å². The van der Waals surface area contributed by atoms with Crippen LogP contribution in [0, 0.1) is 0 Å². The summed E-state index contributed by atoms with van der Waals surface area (Å²) < 4.78 is 12.9. The summed E-state index contributed by atoms with van der Waals surface area (Å²) in [5.41, 5.74) is 0.292. The largest absolute Gasteiger partial charge is 0.479 e. The summed E-state index contributed by atoms with van der Waals surface area (Å²) in [5.74, 6) is -1.17. The summed E-state index contributed by atoms with van der Waals surface area (Å²) >= 11 is 0. The minimum Gasteiger partial charge on any atom is -0.479 e. The summed E-state index contributed by atoms with van der Waals surface area (Å²) in [4.78, 5) is 25.3. The molecular formula is C15H21N3O5. The molecule has 1 N–H and O–H groups in total. The van der Waals surface area contributed by atoms with Crippen molar-refractivity contribution in [3.05, 3.63) is 18.0 Å². The number of rotatable bonds is 3. The molecule has 1 aromatic rings. The van der Waals surface area contributed by atoms with E-state index < -0.39 is 23.8 Å². The van der Waals surface area contributed by atoms with Gasteiger partial charge in [0.1, 0.15) is 11.7 Å². The van der Waals surface area contributed by atoms with Crippen LogP contribution in [-0.4, -0.2) is 63.6 Å². The van der Waals surface area contributed by atoms with Crippen molar-refractivity contribution >= 4 is 11.9 Å². The van der Waals surface area contributed by atoms with Gasteiger partial charge in [-0.25, -0.2) is 4.79 Å². The predicted molar refractivity (Wildman–Crippen MR) is 78.6 cm³/mol. The van der Waals surface area contributed by atoms with Gasteiger partial charge in [-0.1, -0.05) is 0 Å². The number of carboxylic acid groups (broad SMARTS) is 1. The highest BCUT2D eigenvalue weighted by molar-refractivity contribution is 5.83. The van der Waals surface area contributed by atoms with Gasteiger partial charge >= 0.3 is 5.97 Å². The van der Waals surface area contributed by atoms with Crippen molar-refractivity contribution in [2.45, 2.75) is 37.6 Å². The summed E-state index contributed by atoms with van der Waals surface area (Å²) in [7, 11) is 1.83. The summed E-state index contributed by atoms with van der Waals surface area (Å²) in [6.07, 6.45) is 2.87. The molecule has 2 saturated heterocycles. The number of carboxylic acids is 1. The Labute approximate surface area is 134 Å². The van der Waals surface area contributed by atoms with E-state index in [-0.39, 0.29) is 5.91 Å². The van der Waals surface area contributed by atoms with Crippen LogP contribution >= 0.6 is 0 Å². The van der Waals surface area contributed by atoms with Gasteiger partial charge in [0.2, 0.25) is 0 Å². The fraction of sp³-hybridized carbons (Fsp3) is 0.667. The van der Waals surface area contributed by atoms with E-state index in [1.165, 1.54) is 0 Å². The number of hydrogen-bond donors (Lipinski definition) is 1. The van der Waals surface area contributed by atoms with E-state index in [1.807, 2.05) is 20.2 Å². The highest BCUT2D eigenvalue weighted by Gasteiger charge is 2.41. The fourth-order valence-electron chi connectivity index (χ4n) is 3.13. The monoisotopic (exact) mass is 323 g/mol. The molecule has 2 aliphatic heterocycles. The van der Waals surface area contributed by atoms with E-state index in [1.54, 1.807) is 15.8 Å². The second-order valence-electron chi connectivity index (χ2n) is 6.27. The molecule has 0 bridgehead atoms. The Kier molecular flexibility index (Phi) is 4.11. The van der Waals surface area contributed by atoms with Gasteiger partial charge in [0.25, 0.3) is 5.91 Å². The Morgan fingerprint density at radius 2 is 2.13 bits per heavy atom. The van der Waals surface area contributed by atoms with Crippen LogP contribution in [0.5, 0.6) is 0 Å². The molecule has 3 atom stereocenters. The molecule has 23 heavy (non-hydrogen) atoms. The smallest absolute Gasteiger partial charge is 0.332 e. The van der Waals surface area contributed by atoms with Crippen LogP contribution in [0.2, 0.25) is 0 Å². The number of amides is 1. The zero-order valence-electron chi connectivity index (χ0n) is 13.3. The molecule has 2 fully saturated rings.